The minimum atomic E-state index is -0.403. The summed E-state index contributed by atoms with van der Waals surface area (Å²) in [6.45, 7) is 4.16. The molecule has 1 aromatic heterocycles. The van der Waals surface area contributed by atoms with Crippen molar-refractivity contribution in [1.82, 2.24) is 4.57 Å². The quantitative estimate of drug-likeness (QED) is 0.778. The molecule has 0 amide bonds. The van der Waals surface area contributed by atoms with Crippen molar-refractivity contribution in [1.29, 1.82) is 0 Å². The summed E-state index contributed by atoms with van der Waals surface area (Å²) in [5, 5.41) is 0.783. The molecule has 0 spiro atoms. The minimum Gasteiger partial charge on any atom is -0.464 e. The molecule has 0 aliphatic carbocycles. The Balaban J connectivity index is 2.28. The maximum Gasteiger partial charge on any atom is 0.328 e. The normalized spacial score (nSPS) is 12.6. The number of benzene rings is 1. The van der Waals surface area contributed by atoms with E-state index in [1.54, 1.807) is 29.8 Å². The molecule has 2 rings (SSSR count). The van der Waals surface area contributed by atoms with Crippen LogP contribution in [0.3, 0.4) is 0 Å². The molecule has 0 bridgehead atoms. The van der Waals surface area contributed by atoms with E-state index in [1.807, 2.05) is 6.92 Å². The lowest BCUT2D eigenvalue weighted by atomic mass is 10.2. The second kappa shape index (κ2) is 5.21. The lowest BCUT2D eigenvalue weighted by molar-refractivity contribution is -0.147. The molecule has 0 aliphatic rings. The van der Waals surface area contributed by atoms with Gasteiger partial charge in [-0.15, -0.1) is 0 Å². The summed E-state index contributed by atoms with van der Waals surface area (Å²) in [6.07, 6.45) is 2.58. The summed E-state index contributed by atoms with van der Waals surface area (Å²) < 4.78 is 20.0. The molecule has 1 atom stereocenters. The summed E-state index contributed by atoms with van der Waals surface area (Å²) in [7, 11) is 0. The first-order valence-electron chi connectivity index (χ1n) is 6.06. The zero-order valence-corrected chi connectivity index (χ0v) is 10.5. The Morgan fingerprint density at radius 1 is 1.44 bits per heavy atom. The second-order valence-corrected chi connectivity index (χ2v) is 4.27. The van der Waals surface area contributed by atoms with E-state index in [2.05, 4.69) is 0 Å². The third-order valence-electron chi connectivity index (χ3n) is 2.89. The zero-order valence-electron chi connectivity index (χ0n) is 10.5. The van der Waals surface area contributed by atoms with Crippen molar-refractivity contribution in [2.75, 3.05) is 6.61 Å². The molecule has 0 saturated heterocycles. The van der Waals surface area contributed by atoms with Gasteiger partial charge < -0.3 is 9.30 Å². The fraction of sp³-hybridized carbons (Fsp3) is 0.357. The monoisotopic (exact) mass is 249 g/mol. The average molecular weight is 249 g/mol. The standard InChI is InChI=1S/C14H16FNO2/c1-3-8-18-14(17)10(2)16-7-6-11-9-12(15)4-5-13(11)16/h4-7,9-10H,3,8H2,1-2H3. The molecule has 1 aromatic carbocycles. The third kappa shape index (κ3) is 2.37. The van der Waals surface area contributed by atoms with E-state index in [-0.39, 0.29) is 11.8 Å². The molecule has 0 radical (unpaired) electrons. The summed E-state index contributed by atoms with van der Waals surface area (Å²) in [5.41, 5.74) is 0.831. The molecule has 18 heavy (non-hydrogen) atoms. The fourth-order valence-electron chi connectivity index (χ4n) is 1.91. The Bertz CT molecular complexity index is 562. The molecule has 4 heteroatoms. The number of carbonyl (C=O) groups excluding carboxylic acids is 1. The van der Waals surface area contributed by atoms with Crippen LogP contribution in [0.1, 0.15) is 26.3 Å². The fourth-order valence-corrected chi connectivity index (χ4v) is 1.91. The molecular formula is C14H16FNO2. The minimum absolute atomic E-state index is 0.265. The van der Waals surface area contributed by atoms with Gasteiger partial charge >= 0.3 is 5.97 Å². The number of fused-ring (bicyclic) bond motifs is 1. The lowest BCUT2D eigenvalue weighted by Gasteiger charge is -2.14. The molecule has 0 saturated carbocycles. The van der Waals surface area contributed by atoms with Crippen molar-refractivity contribution < 1.29 is 13.9 Å². The van der Waals surface area contributed by atoms with Gasteiger partial charge in [-0.05, 0) is 37.6 Å². The summed E-state index contributed by atoms with van der Waals surface area (Å²) >= 11 is 0. The first-order chi connectivity index (χ1) is 8.63. The first kappa shape index (κ1) is 12.6. The van der Waals surface area contributed by atoms with Crippen LogP contribution in [0.2, 0.25) is 0 Å². The number of carbonyl (C=O) groups is 1. The number of rotatable bonds is 4. The molecule has 96 valence electrons. The van der Waals surface area contributed by atoms with Gasteiger partial charge in [-0.25, -0.2) is 9.18 Å². The number of nitrogens with zero attached hydrogens (tertiary/aromatic N) is 1. The van der Waals surface area contributed by atoms with E-state index in [4.69, 9.17) is 4.74 Å². The van der Waals surface area contributed by atoms with Gasteiger partial charge in [-0.2, -0.15) is 0 Å². The Morgan fingerprint density at radius 2 is 2.22 bits per heavy atom. The summed E-state index contributed by atoms with van der Waals surface area (Å²) in [6, 6.07) is 5.91. The van der Waals surface area contributed by atoms with Gasteiger partial charge in [0, 0.05) is 17.1 Å². The van der Waals surface area contributed by atoms with Crippen molar-refractivity contribution >= 4 is 16.9 Å². The highest BCUT2D eigenvalue weighted by Crippen LogP contribution is 2.21. The average Bonchev–Trinajstić information content (AvgIpc) is 2.77. The van der Waals surface area contributed by atoms with Crippen molar-refractivity contribution in [3.63, 3.8) is 0 Å². The Kier molecular flexibility index (Phi) is 3.65. The van der Waals surface area contributed by atoms with Crippen LogP contribution in [0.25, 0.3) is 10.9 Å². The number of ether oxygens (including phenoxy) is 1. The van der Waals surface area contributed by atoms with E-state index in [9.17, 15) is 9.18 Å². The van der Waals surface area contributed by atoms with Gasteiger partial charge in [-0.3, -0.25) is 0 Å². The van der Waals surface area contributed by atoms with Gasteiger partial charge in [0.25, 0.3) is 0 Å². The highest BCUT2D eigenvalue weighted by Gasteiger charge is 2.17. The Hall–Kier alpha value is -1.84. The molecule has 0 aliphatic heterocycles. The van der Waals surface area contributed by atoms with Crippen LogP contribution in [0.4, 0.5) is 4.39 Å². The number of hydrogen-bond acceptors (Lipinski definition) is 2. The predicted molar refractivity (Wildman–Crippen MR) is 67.9 cm³/mol. The Morgan fingerprint density at radius 3 is 2.94 bits per heavy atom. The van der Waals surface area contributed by atoms with Crippen molar-refractivity contribution in [2.45, 2.75) is 26.3 Å². The van der Waals surface area contributed by atoms with Crippen LogP contribution in [0.15, 0.2) is 30.5 Å². The van der Waals surface area contributed by atoms with Gasteiger partial charge in [0.15, 0.2) is 0 Å². The number of halogens is 1. The molecule has 2 aromatic rings. The first-order valence-corrected chi connectivity index (χ1v) is 6.06. The topological polar surface area (TPSA) is 31.2 Å². The van der Waals surface area contributed by atoms with E-state index >= 15 is 0 Å². The van der Waals surface area contributed by atoms with Crippen LogP contribution < -0.4 is 0 Å². The maximum absolute atomic E-state index is 13.1. The highest BCUT2D eigenvalue weighted by atomic mass is 19.1. The second-order valence-electron chi connectivity index (χ2n) is 4.27. The van der Waals surface area contributed by atoms with Gasteiger partial charge in [-0.1, -0.05) is 6.92 Å². The van der Waals surface area contributed by atoms with Gasteiger partial charge in [0.05, 0.1) is 6.61 Å². The smallest absolute Gasteiger partial charge is 0.328 e. The van der Waals surface area contributed by atoms with Crippen LogP contribution in [-0.4, -0.2) is 17.1 Å². The largest absolute Gasteiger partial charge is 0.464 e. The van der Waals surface area contributed by atoms with E-state index in [0.717, 1.165) is 17.3 Å². The number of esters is 1. The molecule has 0 fully saturated rings. The Labute approximate surface area is 105 Å². The SMILES string of the molecule is CCCOC(=O)C(C)n1ccc2cc(F)ccc21. The van der Waals surface area contributed by atoms with E-state index in [0.29, 0.717) is 6.61 Å². The molecular weight excluding hydrogens is 233 g/mol. The highest BCUT2D eigenvalue weighted by molar-refractivity contribution is 5.83. The molecule has 0 N–H and O–H groups in total. The molecule has 1 heterocycles. The van der Waals surface area contributed by atoms with E-state index < -0.39 is 6.04 Å². The maximum atomic E-state index is 13.1. The van der Waals surface area contributed by atoms with Crippen LogP contribution in [0, 0.1) is 5.82 Å². The number of aromatic nitrogens is 1. The van der Waals surface area contributed by atoms with Gasteiger partial charge in [0.2, 0.25) is 0 Å². The summed E-state index contributed by atoms with van der Waals surface area (Å²) in [5.74, 6) is -0.542. The van der Waals surface area contributed by atoms with Crippen LogP contribution >= 0.6 is 0 Å². The summed E-state index contributed by atoms with van der Waals surface area (Å²) in [4.78, 5) is 11.8. The third-order valence-corrected chi connectivity index (χ3v) is 2.89. The molecule has 1 unspecified atom stereocenters. The van der Waals surface area contributed by atoms with Crippen molar-refractivity contribution in [3.8, 4) is 0 Å². The van der Waals surface area contributed by atoms with Gasteiger partial charge in [0.1, 0.15) is 11.9 Å². The zero-order chi connectivity index (χ0) is 13.1. The van der Waals surface area contributed by atoms with Crippen LogP contribution in [-0.2, 0) is 9.53 Å². The lowest BCUT2D eigenvalue weighted by Crippen LogP contribution is -2.18. The predicted octanol–water partition coefficient (Wildman–Crippen LogP) is 3.29. The van der Waals surface area contributed by atoms with Crippen molar-refractivity contribution in [3.05, 3.63) is 36.3 Å². The van der Waals surface area contributed by atoms with Crippen molar-refractivity contribution in [2.24, 2.45) is 0 Å². The van der Waals surface area contributed by atoms with Crippen LogP contribution in [0.5, 0.6) is 0 Å². The van der Waals surface area contributed by atoms with E-state index in [1.165, 1.54) is 12.1 Å². The molecule has 3 nitrogen and oxygen atoms in total. The number of hydrogen-bond donors (Lipinski definition) is 0.